The number of epoxide rings is 1. The zero-order chi connectivity index (χ0) is 14.7. The van der Waals surface area contributed by atoms with E-state index in [0.717, 1.165) is 24.2 Å². The van der Waals surface area contributed by atoms with Crippen LogP contribution in [0, 0.1) is 18.8 Å². The van der Waals surface area contributed by atoms with Gasteiger partial charge in [-0.1, -0.05) is 26.8 Å². The number of benzene rings is 1. The molecule has 4 aliphatic rings. The Labute approximate surface area is 128 Å². The SMILES string of the molecule is Cc1cc2c(c3c1C1CC(C)CC1C1OC1(C)C3)C2(C)C. The van der Waals surface area contributed by atoms with Gasteiger partial charge < -0.3 is 4.74 Å². The first kappa shape index (κ1) is 12.7. The lowest BCUT2D eigenvalue weighted by atomic mass is 9.83. The van der Waals surface area contributed by atoms with Crippen molar-refractivity contribution in [2.75, 3.05) is 0 Å². The molecule has 1 aromatic rings. The van der Waals surface area contributed by atoms with E-state index in [-0.39, 0.29) is 5.60 Å². The number of ether oxygens (including phenoxy) is 1. The normalized spacial score (nSPS) is 44.2. The van der Waals surface area contributed by atoms with Gasteiger partial charge in [-0.15, -0.1) is 0 Å². The van der Waals surface area contributed by atoms with Gasteiger partial charge in [0.15, 0.2) is 0 Å². The van der Waals surface area contributed by atoms with Gasteiger partial charge in [-0.25, -0.2) is 0 Å². The van der Waals surface area contributed by atoms with E-state index in [1.807, 2.05) is 0 Å². The number of rotatable bonds is 0. The van der Waals surface area contributed by atoms with Crippen LogP contribution in [-0.4, -0.2) is 11.7 Å². The Hall–Kier alpha value is -0.820. The molecule has 1 aromatic carbocycles. The van der Waals surface area contributed by atoms with Gasteiger partial charge in [0.1, 0.15) is 0 Å². The molecule has 0 spiro atoms. The van der Waals surface area contributed by atoms with Gasteiger partial charge in [-0.3, -0.25) is 0 Å². The number of hydrogen-bond acceptors (Lipinski definition) is 1. The van der Waals surface area contributed by atoms with Crippen LogP contribution < -0.4 is 0 Å². The maximum Gasteiger partial charge on any atom is 0.0963 e. The van der Waals surface area contributed by atoms with Crippen LogP contribution in [0.1, 0.15) is 74.3 Å². The fraction of sp³-hybridized carbons (Fsp3) is 0.700. The van der Waals surface area contributed by atoms with E-state index >= 15 is 0 Å². The summed E-state index contributed by atoms with van der Waals surface area (Å²) in [7, 11) is 0. The molecule has 2 fully saturated rings. The summed E-state index contributed by atoms with van der Waals surface area (Å²) >= 11 is 0. The monoisotopic (exact) mass is 282 g/mol. The summed E-state index contributed by atoms with van der Waals surface area (Å²) in [5, 5.41) is 0. The first-order valence-electron chi connectivity index (χ1n) is 8.68. The van der Waals surface area contributed by atoms with Crippen LogP contribution in [0.5, 0.6) is 0 Å². The van der Waals surface area contributed by atoms with Crippen LogP contribution in [0.15, 0.2) is 6.07 Å². The van der Waals surface area contributed by atoms with Gasteiger partial charge in [-0.2, -0.15) is 0 Å². The molecule has 5 rings (SSSR count). The van der Waals surface area contributed by atoms with Crippen LogP contribution in [0.3, 0.4) is 0 Å². The first-order chi connectivity index (χ1) is 9.83. The zero-order valence-electron chi connectivity index (χ0n) is 13.9. The standard InChI is InChI=1S/C20H26O/c1-10-6-12-13(7-10)18-20(5,21-18)9-14-16(12)11(2)8-15-17(14)19(15,3)4/h8,10,12-13,18H,6-7,9H2,1-5H3. The van der Waals surface area contributed by atoms with Crippen molar-refractivity contribution in [3.8, 4) is 0 Å². The van der Waals surface area contributed by atoms with Crippen LogP contribution in [0.25, 0.3) is 0 Å². The molecule has 0 N–H and O–H groups in total. The second kappa shape index (κ2) is 3.40. The van der Waals surface area contributed by atoms with Gasteiger partial charge >= 0.3 is 0 Å². The highest BCUT2D eigenvalue weighted by atomic mass is 16.6. The Kier molecular flexibility index (Phi) is 2.06. The maximum absolute atomic E-state index is 6.25. The predicted molar refractivity (Wildman–Crippen MR) is 84.9 cm³/mol. The first-order valence-corrected chi connectivity index (χ1v) is 8.68. The highest BCUT2D eigenvalue weighted by Crippen LogP contribution is 2.63. The van der Waals surface area contributed by atoms with Gasteiger partial charge in [0.2, 0.25) is 0 Å². The van der Waals surface area contributed by atoms with E-state index in [9.17, 15) is 0 Å². The number of hydrogen-bond donors (Lipinski definition) is 0. The minimum Gasteiger partial charge on any atom is -0.366 e. The van der Waals surface area contributed by atoms with E-state index in [1.165, 1.54) is 12.8 Å². The van der Waals surface area contributed by atoms with Crippen molar-refractivity contribution in [2.45, 2.75) is 76.9 Å². The maximum atomic E-state index is 6.25. The largest absolute Gasteiger partial charge is 0.366 e. The third-order valence-corrected chi connectivity index (χ3v) is 6.99. The third kappa shape index (κ3) is 1.42. The molecule has 3 aliphatic carbocycles. The van der Waals surface area contributed by atoms with Crippen LogP contribution in [-0.2, 0) is 16.6 Å². The van der Waals surface area contributed by atoms with Gasteiger partial charge in [0.25, 0.3) is 0 Å². The molecule has 1 heteroatoms. The highest BCUT2D eigenvalue weighted by Gasteiger charge is 2.63. The Bertz CT molecular complexity index is 671. The molecule has 5 atom stereocenters. The van der Waals surface area contributed by atoms with Crippen molar-refractivity contribution < 1.29 is 4.74 Å². The predicted octanol–water partition coefficient (Wildman–Crippen LogP) is 4.48. The van der Waals surface area contributed by atoms with E-state index in [0.29, 0.717) is 11.5 Å². The Balaban J connectivity index is 1.74. The average Bonchev–Trinajstić information content (AvgIpc) is 3.12. The molecule has 5 unspecified atom stereocenters. The van der Waals surface area contributed by atoms with Crippen molar-refractivity contribution in [1.29, 1.82) is 0 Å². The highest BCUT2D eigenvalue weighted by molar-refractivity contribution is 5.67. The van der Waals surface area contributed by atoms with Crippen LogP contribution in [0.4, 0.5) is 0 Å². The van der Waals surface area contributed by atoms with Crippen molar-refractivity contribution in [2.24, 2.45) is 11.8 Å². The molecule has 0 amide bonds. The van der Waals surface area contributed by atoms with Crippen molar-refractivity contribution in [3.63, 3.8) is 0 Å². The lowest BCUT2D eigenvalue weighted by Gasteiger charge is -2.21. The summed E-state index contributed by atoms with van der Waals surface area (Å²) in [4.78, 5) is 0. The zero-order valence-corrected chi connectivity index (χ0v) is 13.9. The molecule has 1 saturated carbocycles. The summed E-state index contributed by atoms with van der Waals surface area (Å²) in [5.74, 6) is 2.38. The molecule has 1 heterocycles. The topological polar surface area (TPSA) is 12.5 Å². The van der Waals surface area contributed by atoms with E-state index in [2.05, 4.69) is 40.7 Å². The van der Waals surface area contributed by atoms with E-state index in [1.54, 1.807) is 27.8 Å². The molecular weight excluding hydrogens is 256 g/mol. The minimum atomic E-state index is 0.137. The second-order valence-electron chi connectivity index (χ2n) is 9.01. The molecule has 112 valence electrons. The lowest BCUT2D eigenvalue weighted by Crippen LogP contribution is -2.18. The summed E-state index contributed by atoms with van der Waals surface area (Å²) in [6.07, 6.45) is 4.41. The number of fused-ring (bicyclic) bond motifs is 7. The van der Waals surface area contributed by atoms with Crippen molar-refractivity contribution in [1.82, 2.24) is 0 Å². The molecule has 0 radical (unpaired) electrons. The second-order valence-corrected chi connectivity index (χ2v) is 9.01. The molecule has 1 aliphatic heterocycles. The van der Waals surface area contributed by atoms with Crippen molar-refractivity contribution >= 4 is 0 Å². The molecule has 0 aromatic heterocycles. The average molecular weight is 282 g/mol. The van der Waals surface area contributed by atoms with Gasteiger partial charge in [-0.05, 0) is 72.3 Å². The molecule has 21 heavy (non-hydrogen) atoms. The van der Waals surface area contributed by atoms with Gasteiger partial charge in [0.05, 0.1) is 11.7 Å². The van der Waals surface area contributed by atoms with Crippen LogP contribution in [0.2, 0.25) is 0 Å². The van der Waals surface area contributed by atoms with Crippen molar-refractivity contribution in [3.05, 3.63) is 33.9 Å². The summed E-state index contributed by atoms with van der Waals surface area (Å²) in [5.41, 5.74) is 8.69. The fourth-order valence-electron chi connectivity index (χ4n) is 5.95. The fourth-order valence-corrected chi connectivity index (χ4v) is 5.95. The molecule has 1 saturated heterocycles. The van der Waals surface area contributed by atoms with E-state index in [4.69, 9.17) is 4.74 Å². The molecule has 1 nitrogen and oxygen atoms in total. The summed E-state index contributed by atoms with van der Waals surface area (Å²) in [6.45, 7) is 11.9. The Morgan fingerprint density at radius 2 is 1.95 bits per heavy atom. The molecular formula is C20H26O. The minimum absolute atomic E-state index is 0.137. The van der Waals surface area contributed by atoms with Gasteiger partial charge in [0, 0.05) is 11.8 Å². The smallest absolute Gasteiger partial charge is 0.0963 e. The Morgan fingerprint density at radius 3 is 2.71 bits per heavy atom. The third-order valence-electron chi connectivity index (χ3n) is 6.99. The summed E-state index contributed by atoms with van der Waals surface area (Å²) in [6, 6.07) is 2.49. The summed E-state index contributed by atoms with van der Waals surface area (Å²) < 4.78 is 6.25. The van der Waals surface area contributed by atoms with E-state index < -0.39 is 0 Å². The Morgan fingerprint density at radius 1 is 1.19 bits per heavy atom. The molecule has 0 bridgehead atoms. The van der Waals surface area contributed by atoms with Crippen LogP contribution >= 0.6 is 0 Å². The lowest BCUT2D eigenvalue weighted by molar-refractivity contribution is 0.268. The number of aryl methyl sites for hydroxylation is 1. The quantitative estimate of drug-likeness (QED) is 0.639.